The molecule has 18 heavy (non-hydrogen) atoms. The van der Waals surface area contributed by atoms with Crippen molar-refractivity contribution in [2.24, 2.45) is 0 Å². The maximum absolute atomic E-state index is 11.7. The highest BCUT2D eigenvalue weighted by atomic mass is 16.5. The topological polar surface area (TPSA) is 56.5 Å². The summed E-state index contributed by atoms with van der Waals surface area (Å²) in [6.07, 6.45) is 10.6. The first-order valence-corrected chi connectivity index (χ1v) is 5.55. The molecule has 2 rings (SSSR count). The number of hydrogen-bond donors (Lipinski definition) is 0. The Bertz CT molecular complexity index is 599. The van der Waals surface area contributed by atoms with E-state index in [0.717, 1.165) is 0 Å². The summed E-state index contributed by atoms with van der Waals surface area (Å²) in [5, 5.41) is 7.60. The number of esters is 1. The lowest BCUT2D eigenvalue weighted by molar-refractivity contribution is 0.0549. The SMILES string of the molecule is CC=CC=CCOC(=O)c1ccc2nncn2c1. The molecule has 2 aromatic rings. The summed E-state index contributed by atoms with van der Waals surface area (Å²) in [7, 11) is 0. The van der Waals surface area contributed by atoms with Gasteiger partial charge < -0.3 is 4.74 Å². The van der Waals surface area contributed by atoms with Gasteiger partial charge in [-0.25, -0.2) is 4.79 Å². The summed E-state index contributed by atoms with van der Waals surface area (Å²) in [6.45, 7) is 2.17. The molecule has 0 atom stereocenters. The van der Waals surface area contributed by atoms with E-state index in [0.29, 0.717) is 11.2 Å². The minimum atomic E-state index is -0.365. The molecule has 2 heterocycles. The fourth-order valence-corrected chi connectivity index (χ4v) is 1.40. The zero-order valence-electron chi connectivity index (χ0n) is 9.98. The van der Waals surface area contributed by atoms with Crippen molar-refractivity contribution in [3.8, 4) is 0 Å². The number of hydrogen-bond acceptors (Lipinski definition) is 4. The van der Waals surface area contributed by atoms with Gasteiger partial charge in [-0.15, -0.1) is 10.2 Å². The highest BCUT2D eigenvalue weighted by Gasteiger charge is 2.07. The Hall–Kier alpha value is -2.43. The van der Waals surface area contributed by atoms with Crippen molar-refractivity contribution >= 4 is 11.6 Å². The smallest absolute Gasteiger partial charge is 0.339 e. The van der Waals surface area contributed by atoms with Crippen LogP contribution < -0.4 is 0 Å². The van der Waals surface area contributed by atoms with Crippen LogP contribution in [0.5, 0.6) is 0 Å². The number of rotatable bonds is 4. The van der Waals surface area contributed by atoms with Crippen molar-refractivity contribution in [2.75, 3.05) is 6.61 Å². The highest BCUT2D eigenvalue weighted by Crippen LogP contribution is 2.05. The largest absolute Gasteiger partial charge is 0.458 e. The average molecular weight is 243 g/mol. The third-order valence-electron chi connectivity index (χ3n) is 2.28. The maximum Gasteiger partial charge on any atom is 0.339 e. The molecule has 0 aromatic carbocycles. The van der Waals surface area contributed by atoms with Crippen molar-refractivity contribution in [3.05, 3.63) is 54.5 Å². The highest BCUT2D eigenvalue weighted by molar-refractivity contribution is 5.89. The quantitative estimate of drug-likeness (QED) is 0.609. The second-order valence-electron chi connectivity index (χ2n) is 3.57. The minimum Gasteiger partial charge on any atom is -0.458 e. The molecule has 0 aliphatic heterocycles. The van der Waals surface area contributed by atoms with Crippen molar-refractivity contribution in [1.29, 1.82) is 0 Å². The zero-order chi connectivity index (χ0) is 12.8. The molecule has 0 N–H and O–H groups in total. The van der Waals surface area contributed by atoms with E-state index in [2.05, 4.69) is 10.2 Å². The van der Waals surface area contributed by atoms with Gasteiger partial charge >= 0.3 is 5.97 Å². The van der Waals surface area contributed by atoms with Crippen LogP contribution in [0.25, 0.3) is 5.65 Å². The molecule has 5 nitrogen and oxygen atoms in total. The van der Waals surface area contributed by atoms with Gasteiger partial charge in [-0.05, 0) is 25.1 Å². The van der Waals surface area contributed by atoms with Gasteiger partial charge in [-0.1, -0.05) is 18.2 Å². The van der Waals surface area contributed by atoms with Gasteiger partial charge in [0.1, 0.15) is 12.9 Å². The Balaban J connectivity index is 1.99. The second kappa shape index (κ2) is 5.77. The molecular formula is C13H13N3O2. The Kier molecular flexibility index (Phi) is 3.86. The molecule has 92 valence electrons. The van der Waals surface area contributed by atoms with Gasteiger partial charge in [-0.2, -0.15) is 0 Å². The first kappa shape index (κ1) is 12.0. The summed E-state index contributed by atoms with van der Waals surface area (Å²) >= 11 is 0. The van der Waals surface area contributed by atoms with Gasteiger partial charge in [0.05, 0.1) is 5.56 Å². The number of ether oxygens (including phenoxy) is 1. The van der Waals surface area contributed by atoms with Gasteiger partial charge in [-0.3, -0.25) is 4.40 Å². The fourth-order valence-electron chi connectivity index (χ4n) is 1.40. The Labute approximate surface area is 104 Å². The lowest BCUT2D eigenvalue weighted by Gasteiger charge is -2.01. The van der Waals surface area contributed by atoms with Gasteiger partial charge in [0.25, 0.3) is 0 Å². The van der Waals surface area contributed by atoms with E-state index in [1.807, 2.05) is 25.2 Å². The molecule has 0 spiro atoms. The molecular weight excluding hydrogens is 230 g/mol. The third kappa shape index (κ3) is 2.82. The standard InChI is InChI=1S/C13H13N3O2/c1-2-3-4-5-8-18-13(17)11-6-7-12-15-14-10-16(12)9-11/h2-7,9-10H,8H2,1H3. The van der Waals surface area contributed by atoms with Crippen molar-refractivity contribution in [2.45, 2.75) is 6.92 Å². The van der Waals surface area contributed by atoms with E-state index >= 15 is 0 Å². The van der Waals surface area contributed by atoms with Crippen LogP contribution in [0.4, 0.5) is 0 Å². The summed E-state index contributed by atoms with van der Waals surface area (Å²) in [5.41, 5.74) is 1.17. The van der Waals surface area contributed by atoms with Gasteiger partial charge in [0, 0.05) is 6.20 Å². The molecule has 0 fully saturated rings. The molecule has 0 saturated carbocycles. The number of carbonyl (C=O) groups excluding carboxylic acids is 1. The monoisotopic (exact) mass is 243 g/mol. The number of nitrogens with zero attached hydrogens (tertiary/aromatic N) is 3. The second-order valence-corrected chi connectivity index (χ2v) is 3.57. The molecule has 0 bridgehead atoms. The van der Waals surface area contributed by atoms with Crippen molar-refractivity contribution < 1.29 is 9.53 Å². The lowest BCUT2D eigenvalue weighted by Crippen LogP contribution is -2.06. The van der Waals surface area contributed by atoms with Crippen LogP contribution in [-0.2, 0) is 4.74 Å². The summed E-state index contributed by atoms with van der Waals surface area (Å²) in [4.78, 5) is 11.7. The first-order valence-electron chi connectivity index (χ1n) is 5.55. The third-order valence-corrected chi connectivity index (χ3v) is 2.28. The molecule has 5 heteroatoms. The Morgan fingerprint density at radius 1 is 1.44 bits per heavy atom. The molecule has 0 unspecified atom stereocenters. The molecule has 0 aliphatic rings. The van der Waals surface area contributed by atoms with E-state index in [1.165, 1.54) is 6.33 Å². The molecule has 0 amide bonds. The average Bonchev–Trinajstić information content (AvgIpc) is 2.85. The van der Waals surface area contributed by atoms with E-state index in [4.69, 9.17) is 4.74 Å². The molecule has 2 aromatic heterocycles. The van der Waals surface area contributed by atoms with E-state index < -0.39 is 0 Å². The lowest BCUT2D eigenvalue weighted by atomic mass is 10.3. The van der Waals surface area contributed by atoms with Crippen LogP contribution in [0.2, 0.25) is 0 Å². The Morgan fingerprint density at radius 3 is 3.17 bits per heavy atom. The van der Waals surface area contributed by atoms with Crippen LogP contribution in [0.1, 0.15) is 17.3 Å². The normalized spacial score (nSPS) is 11.6. The van der Waals surface area contributed by atoms with E-state index in [9.17, 15) is 4.79 Å². The number of aromatic nitrogens is 3. The summed E-state index contributed by atoms with van der Waals surface area (Å²) < 4.78 is 6.76. The van der Waals surface area contributed by atoms with Crippen LogP contribution in [0.15, 0.2) is 49.0 Å². The maximum atomic E-state index is 11.7. The predicted octanol–water partition coefficient (Wildman–Crippen LogP) is 2.02. The van der Waals surface area contributed by atoms with Crippen molar-refractivity contribution in [3.63, 3.8) is 0 Å². The molecule has 0 saturated heterocycles. The van der Waals surface area contributed by atoms with Crippen LogP contribution in [0, 0.1) is 0 Å². The van der Waals surface area contributed by atoms with Crippen LogP contribution in [-0.4, -0.2) is 27.2 Å². The van der Waals surface area contributed by atoms with Gasteiger partial charge in [0.15, 0.2) is 5.65 Å². The van der Waals surface area contributed by atoms with E-state index in [-0.39, 0.29) is 12.6 Å². The number of carbonyl (C=O) groups is 1. The summed E-state index contributed by atoms with van der Waals surface area (Å²) in [5.74, 6) is -0.365. The molecule has 0 radical (unpaired) electrons. The predicted molar refractivity (Wildman–Crippen MR) is 67.2 cm³/mol. The number of pyridine rings is 1. The number of fused-ring (bicyclic) bond motifs is 1. The fraction of sp³-hybridized carbons (Fsp3) is 0.154. The van der Waals surface area contributed by atoms with Crippen LogP contribution in [0.3, 0.4) is 0 Å². The van der Waals surface area contributed by atoms with Crippen LogP contribution >= 0.6 is 0 Å². The van der Waals surface area contributed by atoms with Gasteiger partial charge in [0.2, 0.25) is 0 Å². The molecule has 0 aliphatic carbocycles. The number of allylic oxidation sites excluding steroid dienone is 3. The summed E-state index contributed by atoms with van der Waals surface area (Å²) in [6, 6.07) is 3.39. The zero-order valence-corrected chi connectivity index (χ0v) is 9.98. The van der Waals surface area contributed by atoms with E-state index in [1.54, 1.807) is 28.8 Å². The Morgan fingerprint density at radius 2 is 2.33 bits per heavy atom. The van der Waals surface area contributed by atoms with Crippen molar-refractivity contribution in [1.82, 2.24) is 14.6 Å². The minimum absolute atomic E-state index is 0.253. The first-order chi connectivity index (χ1) is 8.81.